The molecule has 31 heavy (non-hydrogen) atoms. The first kappa shape index (κ1) is 21.5. The molecule has 1 fully saturated rings. The summed E-state index contributed by atoms with van der Waals surface area (Å²) in [7, 11) is -3.77. The maximum Gasteiger partial charge on any atom is 0.243 e. The molecule has 2 aliphatic heterocycles. The summed E-state index contributed by atoms with van der Waals surface area (Å²) in [5.41, 5.74) is 1.92. The van der Waals surface area contributed by atoms with E-state index in [4.69, 9.17) is 0 Å². The first-order valence-corrected chi connectivity index (χ1v) is 11.8. The molecule has 2 amide bonds. The van der Waals surface area contributed by atoms with E-state index in [0.717, 1.165) is 5.56 Å². The fraction of sp³-hybridized carbons (Fsp3) is 0.364. The molecule has 2 aliphatic rings. The third kappa shape index (κ3) is 4.77. The number of nitrogens with zero attached hydrogens (tertiary/aromatic N) is 1. The van der Waals surface area contributed by atoms with Crippen molar-refractivity contribution in [3.05, 3.63) is 53.8 Å². The van der Waals surface area contributed by atoms with Crippen LogP contribution in [0.25, 0.3) is 0 Å². The van der Waals surface area contributed by atoms with E-state index in [1.807, 2.05) is 0 Å². The van der Waals surface area contributed by atoms with Crippen molar-refractivity contribution in [3.63, 3.8) is 0 Å². The van der Waals surface area contributed by atoms with E-state index in [-0.39, 0.29) is 23.3 Å². The molecule has 0 unspecified atom stereocenters. The van der Waals surface area contributed by atoms with Crippen LogP contribution in [0.15, 0.2) is 47.4 Å². The van der Waals surface area contributed by atoms with Gasteiger partial charge in [-0.3, -0.25) is 9.59 Å². The number of halogens is 1. The lowest BCUT2D eigenvalue weighted by Gasteiger charge is -2.31. The van der Waals surface area contributed by atoms with Gasteiger partial charge in [-0.25, -0.2) is 12.8 Å². The molecule has 4 rings (SSSR count). The van der Waals surface area contributed by atoms with Gasteiger partial charge in [0.05, 0.1) is 10.8 Å². The minimum absolute atomic E-state index is 0.0691. The number of carbonyl (C=O) groups excluding carboxylic acids is 2. The smallest absolute Gasteiger partial charge is 0.243 e. The average Bonchev–Trinajstić information content (AvgIpc) is 2.95. The van der Waals surface area contributed by atoms with E-state index in [0.29, 0.717) is 50.0 Å². The number of anilines is 2. The van der Waals surface area contributed by atoms with E-state index in [9.17, 15) is 22.4 Å². The van der Waals surface area contributed by atoms with Gasteiger partial charge in [-0.1, -0.05) is 0 Å². The Morgan fingerprint density at radius 2 is 1.87 bits per heavy atom. The largest absolute Gasteiger partial charge is 0.326 e. The summed E-state index contributed by atoms with van der Waals surface area (Å²) in [5, 5.41) is 5.54. The minimum atomic E-state index is -3.77. The molecule has 2 aromatic carbocycles. The van der Waals surface area contributed by atoms with Crippen molar-refractivity contribution in [3.8, 4) is 0 Å². The molecular formula is C22H24FN3O4S. The molecule has 0 aliphatic carbocycles. The summed E-state index contributed by atoms with van der Waals surface area (Å²) in [4.78, 5) is 24.6. The Labute approximate surface area is 180 Å². The molecule has 1 atom stereocenters. The van der Waals surface area contributed by atoms with Crippen molar-refractivity contribution in [2.45, 2.75) is 37.0 Å². The topological polar surface area (TPSA) is 95.6 Å². The fourth-order valence-corrected chi connectivity index (χ4v) is 5.59. The van der Waals surface area contributed by atoms with Gasteiger partial charge in [-0.15, -0.1) is 0 Å². The minimum Gasteiger partial charge on any atom is -0.326 e. The Bertz CT molecular complexity index is 1100. The number of amides is 2. The standard InChI is InChI=1S/C22H24FN3O4S/c23-17-6-8-18(9-7-17)24-22(28)16-4-2-12-26(14-16)31(29,30)19-10-11-20-15(13-19)3-1-5-21(27)25-20/h6-11,13,16H,1-5,12,14H2,(H,24,28)(H,25,27)/t16-/m1/s1. The second-order valence-corrected chi connectivity index (χ2v) is 9.86. The zero-order valence-corrected chi connectivity index (χ0v) is 17.8. The van der Waals surface area contributed by atoms with Crippen LogP contribution in [0.4, 0.5) is 15.8 Å². The lowest BCUT2D eigenvalue weighted by molar-refractivity contribution is -0.121. The van der Waals surface area contributed by atoms with Crippen molar-refractivity contribution in [1.82, 2.24) is 4.31 Å². The summed E-state index contributed by atoms with van der Waals surface area (Å²) in [5.74, 6) is -1.24. The van der Waals surface area contributed by atoms with E-state index in [1.165, 1.54) is 34.6 Å². The Morgan fingerprint density at radius 1 is 1.10 bits per heavy atom. The monoisotopic (exact) mass is 445 g/mol. The van der Waals surface area contributed by atoms with Crippen LogP contribution in [0.1, 0.15) is 31.2 Å². The lowest BCUT2D eigenvalue weighted by atomic mass is 9.99. The zero-order valence-electron chi connectivity index (χ0n) is 16.9. The molecule has 164 valence electrons. The second-order valence-electron chi connectivity index (χ2n) is 7.92. The third-order valence-corrected chi connectivity index (χ3v) is 7.57. The van der Waals surface area contributed by atoms with Crippen LogP contribution in [-0.4, -0.2) is 37.6 Å². The predicted octanol–water partition coefficient (Wildman–Crippen LogP) is 3.14. The zero-order chi connectivity index (χ0) is 22.0. The molecule has 2 aromatic rings. The molecule has 0 bridgehead atoms. The number of piperidine rings is 1. The Balaban J connectivity index is 1.49. The van der Waals surface area contributed by atoms with Gasteiger partial charge >= 0.3 is 0 Å². The summed E-state index contributed by atoms with van der Waals surface area (Å²) in [6, 6.07) is 10.2. The highest BCUT2D eigenvalue weighted by Crippen LogP contribution is 2.29. The Kier molecular flexibility index (Phi) is 6.06. The normalized spacial score (nSPS) is 19.8. The van der Waals surface area contributed by atoms with Gasteiger partial charge in [0.15, 0.2) is 0 Å². The van der Waals surface area contributed by atoms with Crippen LogP contribution in [0, 0.1) is 11.7 Å². The molecule has 9 heteroatoms. The average molecular weight is 446 g/mol. The van der Waals surface area contributed by atoms with Crippen LogP contribution >= 0.6 is 0 Å². The molecule has 0 saturated carbocycles. The van der Waals surface area contributed by atoms with Crippen LogP contribution in [0.2, 0.25) is 0 Å². The van der Waals surface area contributed by atoms with Crippen molar-refractivity contribution in [2.75, 3.05) is 23.7 Å². The summed E-state index contributed by atoms with van der Waals surface area (Å²) in [6.07, 6.45) is 2.85. The maximum atomic E-state index is 13.3. The van der Waals surface area contributed by atoms with Crippen molar-refractivity contribution in [1.29, 1.82) is 0 Å². The Hall–Kier alpha value is -2.78. The number of benzene rings is 2. The van der Waals surface area contributed by atoms with Crippen LogP contribution in [0.5, 0.6) is 0 Å². The van der Waals surface area contributed by atoms with Gasteiger partial charge in [0, 0.05) is 30.9 Å². The van der Waals surface area contributed by atoms with Gasteiger partial charge in [0.25, 0.3) is 0 Å². The van der Waals surface area contributed by atoms with E-state index >= 15 is 0 Å². The van der Waals surface area contributed by atoms with Crippen LogP contribution in [0.3, 0.4) is 0 Å². The highest BCUT2D eigenvalue weighted by atomic mass is 32.2. The van der Waals surface area contributed by atoms with Crippen LogP contribution in [-0.2, 0) is 26.0 Å². The highest BCUT2D eigenvalue weighted by Gasteiger charge is 2.33. The van der Waals surface area contributed by atoms with Crippen molar-refractivity contribution >= 4 is 33.2 Å². The first-order chi connectivity index (χ1) is 14.8. The third-order valence-electron chi connectivity index (χ3n) is 5.71. The number of carbonyl (C=O) groups is 2. The lowest BCUT2D eigenvalue weighted by Crippen LogP contribution is -2.43. The molecule has 1 saturated heterocycles. The van der Waals surface area contributed by atoms with E-state index < -0.39 is 21.8 Å². The number of sulfonamides is 1. The number of hydrogen-bond donors (Lipinski definition) is 2. The number of aryl methyl sites for hydroxylation is 1. The first-order valence-electron chi connectivity index (χ1n) is 10.3. The van der Waals surface area contributed by atoms with Gasteiger partial charge in [-0.2, -0.15) is 4.31 Å². The van der Waals surface area contributed by atoms with Crippen LogP contribution < -0.4 is 10.6 Å². The van der Waals surface area contributed by atoms with Gasteiger partial charge in [-0.05, 0) is 73.7 Å². The predicted molar refractivity (Wildman–Crippen MR) is 115 cm³/mol. The summed E-state index contributed by atoms with van der Waals surface area (Å²) in [6.45, 7) is 0.430. The summed E-state index contributed by atoms with van der Waals surface area (Å²) >= 11 is 0. The second kappa shape index (κ2) is 8.76. The molecule has 0 spiro atoms. The molecule has 2 N–H and O–H groups in total. The Morgan fingerprint density at radius 3 is 2.65 bits per heavy atom. The maximum absolute atomic E-state index is 13.3. The summed E-state index contributed by atoms with van der Waals surface area (Å²) < 4.78 is 40.9. The quantitative estimate of drug-likeness (QED) is 0.756. The molecule has 0 aromatic heterocycles. The number of nitrogens with one attached hydrogen (secondary N) is 2. The van der Waals surface area contributed by atoms with Crippen molar-refractivity contribution < 1.29 is 22.4 Å². The number of hydrogen-bond acceptors (Lipinski definition) is 4. The van der Waals surface area contributed by atoms with E-state index in [1.54, 1.807) is 12.1 Å². The van der Waals surface area contributed by atoms with Crippen molar-refractivity contribution in [2.24, 2.45) is 5.92 Å². The molecular weight excluding hydrogens is 421 g/mol. The molecule has 0 radical (unpaired) electrons. The SMILES string of the molecule is O=C1CCCc2cc(S(=O)(=O)N3CCC[C@@H](C(=O)Nc4ccc(F)cc4)C3)ccc2N1. The molecule has 2 heterocycles. The number of rotatable bonds is 4. The van der Waals surface area contributed by atoms with E-state index in [2.05, 4.69) is 10.6 Å². The fourth-order valence-electron chi connectivity index (χ4n) is 4.01. The van der Waals surface area contributed by atoms with Gasteiger partial charge in [0.1, 0.15) is 5.82 Å². The van der Waals surface area contributed by atoms with Gasteiger partial charge < -0.3 is 10.6 Å². The molecule has 7 nitrogen and oxygen atoms in total. The highest BCUT2D eigenvalue weighted by molar-refractivity contribution is 7.89. The van der Waals surface area contributed by atoms with Gasteiger partial charge in [0.2, 0.25) is 21.8 Å². The number of fused-ring (bicyclic) bond motifs is 1.